The number of fused-ring (bicyclic) bond motifs is 5. The number of aliphatic hydroxyl groups is 1. The zero-order valence-corrected chi connectivity index (χ0v) is 15.7. The summed E-state index contributed by atoms with van der Waals surface area (Å²) in [6.45, 7) is 8.79. The summed E-state index contributed by atoms with van der Waals surface area (Å²) in [6.07, 6.45) is 9.99. The monoisotopic (exact) mass is 328 g/mol. The third kappa shape index (κ3) is 2.08. The van der Waals surface area contributed by atoms with Crippen LogP contribution in [-0.2, 0) is 4.79 Å². The molecule has 4 aliphatic carbocycles. The fourth-order valence-corrected chi connectivity index (χ4v) is 7.27. The van der Waals surface area contributed by atoms with E-state index in [4.69, 9.17) is 0 Å². The van der Waals surface area contributed by atoms with Gasteiger partial charge in [0.15, 0.2) is 5.78 Å². The van der Waals surface area contributed by atoms with Gasteiger partial charge in [-0.15, -0.1) is 0 Å². The molecule has 4 rings (SSSR count). The highest BCUT2D eigenvalue weighted by Crippen LogP contribution is 2.65. The van der Waals surface area contributed by atoms with Crippen molar-refractivity contribution in [2.75, 3.05) is 0 Å². The highest BCUT2D eigenvalue weighted by molar-refractivity contribution is 5.96. The fraction of sp³-hybridized carbons (Fsp3) is 0.773. The molecule has 1 N–H and O–H groups in total. The number of hydrogen-bond donors (Lipinski definition) is 1. The molecule has 0 saturated heterocycles. The maximum absolute atomic E-state index is 12.3. The minimum atomic E-state index is -0.130. The Labute approximate surface area is 146 Å². The molecular weight excluding hydrogens is 296 g/mol. The highest BCUT2D eigenvalue weighted by Gasteiger charge is 2.58. The van der Waals surface area contributed by atoms with Crippen molar-refractivity contribution in [2.45, 2.75) is 78.7 Å². The van der Waals surface area contributed by atoms with Gasteiger partial charge in [0, 0.05) is 0 Å². The van der Waals surface area contributed by atoms with E-state index in [1.54, 1.807) is 6.92 Å². The van der Waals surface area contributed by atoms with E-state index < -0.39 is 0 Å². The molecule has 4 aliphatic rings. The number of carbonyl (C=O) groups excluding carboxylic acids is 1. The van der Waals surface area contributed by atoms with E-state index in [0.29, 0.717) is 17.6 Å². The zero-order chi connectivity index (χ0) is 17.3. The molecule has 0 aromatic rings. The molecule has 6 atom stereocenters. The summed E-state index contributed by atoms with van der Waals surface area (Å²) in [5.74, 6) is 2.38. The lowest BCUT2D eigenvalue weighted by atomic mass is 9.47. The molecule has 24 heavy (non-hydrogen) atoms. The second-order valence-electron chi connectivity index (χ2n) is 9.53. The van der Waals surface area contributed by atoms with E-state index in [-0.39, 0.29) is 16.9 Å². The Morgan fingerprint density at radius 1 is 1.12 bits per heavy atom. The Hall–Kier alpha value is -0.890. The van der Waals surface area contributed by atoms with Crippen LogP contribution in [0.4, 0.5) is 0 Å². The largest absolute Gasteiger partial charge is 0.393 e. The van der Waals surface area contributed by atoms with Crippen LogP contribution < -0.4 is 0 Å². The molecule has 2 heteroatoms. The van der Waals surface area contributed by atoms with Crippen LogP contribution in [0, 0.1) is 28.6 Å². The Bertz CT molecular complexity index is 642. The number of Topliss-reactive ketones (excluding diaryl/α,β-unsaturated/α-hetero) is 1. The van der Waals surface area contributed by atoms with Gasteiger partial charge in [-0.1, -0.05) is 31.1 Å². The number of hydrogen-bond acceptors (Lipinski definition) is 2. The minimum Gasteiger partial charge on any atom is -0.393 e. The third-order valence-corrected chi connectivity index (χ3v) is 8.34. The van der Waals surface area contributed by atoms with Crippen molar-refractivity contribution in [3.05, 3.63) is 22.8 Å². The summed E-state index contributed by atoms with van der Waals surface area (Å²) in [5, 5.41) is 10.1. The fourth-order valence-electron chi connectivity index (χ4n) is 7.27. The van der Waals surface area contributed by atoms with E-state index in [9.17, 15) is 9.90 Å². The summed E-state index contributed by atoms with van der Waals surface area (Å²) < 4.78 is 0. The van der Waals surface area contributed by atoms with Crippen molar-refractivity contribution in [3.63, 3.8) is 0 Å². The van der Waals surface area contributed by atoms with Crippen LogP contribution in [0.5, 0.6) is 0 Å². The number of carbonyl (C=O) groups is 1. The standard InChI is InChI=1S/C22H32O2/c1-13-11-19-17-6-5-15-12-16(24)7-9-21(15,3)18(17)8-10-22(19,4)20(13)14(2)23/h5,16-19,24H,6-12H2,1-4H3/t16-,17-,18-,19-,21-,22-/m0/s1. The molecule has 2 nitrogen and oxygen atoms in total. The minimum absolute atomic E-state index is 0.104. The molecule has 2 fully saturated rings. The Kier molecular flexibility index (Phi) is 3.66. The van der Waals surface area contributed by atoms with Crippen LogP contribution in [0.2, 0.25) is 0 Å². The normalized spacial score (nSPS) is 47.6. The summed E-state index contributed by atoms with van der Waals surface area (Å²) >= 11 is 0. The van der Waals surface area contributed by atoms with Crippen molar-refractivity contribution < 1.29 is 9.90 Å². The van der Waals surface area contributed by atoms with Gasteiger partial charge in [0.2, 0.25) is 0 Å². The van der Waals surface area contributed by atoms with Crippen molar-refractivity contribution in [3.8, 4) is 0 Å². The molecule has 0 aliphatic heterocycles. The molecule has 0 unspecified atom stereocenters. The van der Waals surface area contributed by atoms with E-state index in [2.05, 4.69) is 26.8 Å². The molecule has 132 valence electrons. The summed E-state index contributed by atoms with van der Waals surface area (Å²) in [7, 11) is 0. The van der Waals surface area contributed by atoms with E-state index in [1.807, 2.05) is 0 Å². The smallest absolute Gasteiger partial charge is 0.156 e. The molecule has 0 aromatic heterocycles. The molecule has 2 saturated carbocycles. The highest BCUT2D eigenvalue weighted by atomic mass is 16.3. The van der Waals surface area contributed by atoms with Crippen LogP contribution >= 0.6 is 0 Å². The third-order valence-electron chi connectivity index (χ3n) is 8.34. The van der Waals surface area contributed by atoms with Gasteiger partial charge in [0.25, 0.3) is 0 Å². The first-order valence-corrected chi connectivity index (χ1v) is 9.86. The molecule has 0 radical (unpaired) electrons. The molecular formula is C22H32O2. The topological polar surface area (TPSA) is 37.3 Å². The van der Waals surface area contributed by atoms with Gasteiger partial charge >= 0.3 is 0 Å². The first-order chi connectivity index (χ1) is 11.3. The molecule has 0 bridgehead atoms. The first-order valence-electron chi connectivity index (χ1n) is 9.86. The van der Waals surface area contributed by atoms with Gasteiger partial charge < -0.3 is 5.11 Å². The van der Waals surface area contributed by atoms with Gasteiger partial charge in [0.1, 0.15) is 0 Å². The first kappa shape index (κ1) is 16.6. The van der Waals surface area contributed by atoms with E-state index in [0.717, 1.165) is 50.0 Å². The lowest BCUT2D eigenvalue weighted by molar-refractivity contribution is -0.115. The van der Waals surface area contributed by atoms with Crippen LogP contribution in [0.3, 0.4) is 0 Å². The lowest BCUT2D eigenvalue weighted by Gasteiger charge is -2.57. The lowest BCUT2D eigenvalue weighted by Crippen LogP contribution is -2.50. The summed E-state index contributed by atoms with van der Waals surface area (Å²) in [6, 6.07) is 0. The van der Waals surface area contributed by atoms with Gasteiger partial charge in [-0.25, -0.2) is 0 Å². The van der Waals surface area contributed by atoms with Gasteiger partial charge in [-0.2, -0.15) is 0 Å². The maximum Gasteiger partial charge on any atom is 0.156 e. The SMILES string of the molecule is CC(=O)C1=C(C)C[C@H]2[C@H]3CC=C4C[C@@H](O)CC[C@]4(C)[C@H]3CC[C@]12C. The van der Waals surface area contributed by atoms with Crippen molar-refractivity contribution in [1.82, 2.24) is 0 Å². The maximum atomic E-state index is 12.3. The quantitative estimate of drug-likeness (QED) is 0.700. The van der Waals surface area contributed by atoms with E-state index >= 15 is 0 Å². The van der Waals surface area contributed by atoms with Crippen LogP contribution in [-0.4, -0.2) is 17.0 Å². The molecule has 0 heterocycles. The predicted octanol–water partition coefficient (Wildman–Crippen LogP) is 4.83. The number of rotatable bonds is 1. The van der Waals surface area contributed by atoms with Crippen molar-refractivity contribution in [2.24, 2.45) is 28.6 Å². The second-order valence-corrected chi connectivity index (χ2v) is 9.53. The van der Waals surface area contributed by atoms with Gasteiger partial charge in [-0.05, 0) is 93.0 Å². The van der Waals surface area contributed by atoms with Crippen LogP contribution in [0.1, 0.15) is 72.6 Å². The Morgan fingerprint density at radius 3 is 2.54 bits per heavy atom. The number of allylic oxidation sites excluding steroid dienone is 3. The van der Waals surface area contributed by atoms with Crippen molar-refractivity contribution >= 4 is 5.78 Å². The van der Waals surface area contributed by atoms with Gasteiger partial charge in [-0.3, -0.25) is 4.79 Å². The molecule has 0 aromatic carbocycles. The zero-order valence-electron chi connectivity index (χ0n) is 15.7. The average molecular weight is 328 g/mol. The van der Waals surface area contributed by atoms with Gasteiger partial charge in [0.05, 0.1) is 6.10 Å². The average Bonchev–Trinajstić information content (AvgIpc) is 2.78. The molecule has 0 amide bonds. The van der Waals surface area contributed by atoms with E-state index in [1.165, 1.54) is 17.6 Å². The second kappa shape index (κ2) is 5.30. The summed E-state index contributed by atoms with van der Waals surface area (Å²) in [5.41, 5.74) is 4.43. The van der Waals surface area contributed by atoms with Crippen molar-refractivity contribution in [1.29, 1.82) is 0 Å². The van der Waals surface area contributed by atoms with Crippen LogP contribution in [0.25, 0.3) is 0 Å². The Morgan fingerprint density at radius 2 is 1.83 bits per heavy atom. The predicted molar refractivity (Wildman–Crippen MR) is 96.5 cm³/mol. The number of ketones is 1. The molecule has 0 spiro atoms. The van der Waals surface area contributed by atoms with Crippen LogP contribution in [0.15, 0.2) is 22.8 Å². The number of aliphatic hydroxyl groups excluding tert-OH is 1. The Balaban J connectivity index is 1.70. The summed E-state index contributed by atoms with van der Waals surface area (Å²) in [4.78, 5) is 12.3.